The highest BCUT2D eigenvalue weighted by molar-refractivity contribution is 7.87. The van der Waals surface area contributed by atoms with Gasteiger partial charge in [-0.1, -0.05) is 34.5 Å². The van der Waals surface area contributed by atoms with Crippen LogP contribution in [0.25, 0.3) is 11.3 Å². The molecule has 29 heavy (non-hydrogen) atoms. The summed E-state index contributed by atoms with van der Waals surface area (Å²) in [6.45, 7) is 0.372. The summed E-state index contributed by atoms with van der Waals surface area (Å²) in [6.07, 6.45) is 6.26. The van der Waals surface area contributed by atoms with Crippen molar-refractivity contribution in [2.45, 2.75) is 31.2 Å². The second kappa shape index (κ2) is 7.72. The number of hydrogen-bond acceptors (Lipinski definition) is 8. The van der Waals surface area contributed by atoms with Gasteiger partial charge in [0.25, 0.3) is 10.1 Å². The van der Waals surface area contributed by atoms with Gasteiger partial charge < -0.3 is 10.1 Å². The van der Waals surface area contributed by atoms with Crippen LogP contribution >= 0.6 is 0 Å². The van der Waals surface area contributed by atoms with Gasteiger partial charge in [-0.15, -0.1) is 5.10 Å². The van der Waals surface area contributed by atoms with E-state index >= 15 is 0 Å². The molecular weight excluding hydrogens is 400 g/mol. The first kappa shape index (κ1) is 19.2. The van der Waals surface area contributed by atoms with E-state index in [0.29, 0.717) is 18.5 Å². The molecule has 2 aromatic heterocycles. The van der Waals surface area contributed by atoms with E-state index < -0.39 is 20.3 Å². The molecule has 0 saturated carbocycles. The molecule has 11 nitrogen and oxygen atoms in total. The minimum Gasteiger partial charge on any atom is -0.390 e. The van der Waals surface area contributed by atoms with Gasteiger partial charge in [-0.05, 0) is 29.7 Å². The molecule has 4 rings (SSSR count). The van der Waals surface area contributed by atoms with Crippen LogP contribution in [0, 0.1) is 10.1 Å². The molecular formula is C17H18N6O5S. The lowest BCUT2D eigenvalue weighted by Crippen LogP contribution is -2.30. The molecule has 1 saturated heterocycles. The van der Waals surface area contributed by atoms with Gasteiger partial charge in [0.1, 0.15) is 18.1 Å². The van der Waals surface area contributed by atoms with Gasteiger partial charge in [0.2, 0.25) is 0 Å². The molecule has 1 aliphatic heterocycles. The largest absolute Gasteiger partial charge is 0.436 e. The molecule has 1 aliphatic rings. The van der Waals surface area contributed by atoms with Gasteiger partial charge in [-0.25, -0.2) is 9.25 Å². The van der Waals surface area contributed by atoms with Gasteiger partial charge >= 0.3 is 5.95 Å². The number of hydrogen-bond donors (Lipinski definition) is 0. The summed E-state index contributed by atoms with van der Waals surface area (Å²) in [5.74, 6) is -0.270. The third kappa shape index (κ3) is 4.17. The minimum absolute atomic E-state index is 0.112. The molecule has 3 heterocycles. The van der Waals surface area contributed by atoms with Crippen LogP contribution in [-0.2, 0) is 27.4 Å². The first-order valence-corrected chi connectivity index (χ1v) is 10.4. The van der Waals surface area contributed by atoms with Crippen molar-refractivity contribution < 1.29 is 17.5 Å². The van der Waals surface area contributed by atoms with Crippen molar-refractivity contribution in [3.63, 3.8) is 0 Å². The summed E-state index contributed by atoms with van der Waals surface area (Å²) in [7, 11) is -3.50. The van der Waals surface area contributed by atoms with Gasteiger partial charge in [0.05, 0.1) is 18.1 Å². The topological polar surface area (TPSA) is 135 Å². The Hall–Kier alpha value is -3.12. The van der Waals surface area contributed by atoms with E-state index in [-0.39, 0.29) is 19.2 Å². The van der Waals surface area contributed by atoms with Crippen molar-refractivity contribution in [1.29, 1.82) is 0 Å². The summed E-state index contributed by atoms with van der Waals surface area (Å²) in [6, 6.07) is 7.41. The van der Waals surface area contributed by atoms with Crippen molar-refractivity contribution in [2.75, 3.05) is 6.61 Å². The first-order chi connectivity index (χ1) is 13.9. The van der Waals surface area contributed by atoms with Gasteiger partial charge in [-0.3, -0.25) is 4.18 Å². The SMILES string of the molecule is O=[N+]([O-])c1nccn1Cn1cc(-c2ccc(CC3CCCOS3(=O)=O)cc2)nn1. The van der Waals surface area contributed by atoms with Gasteiger partial charge in [-0.2, -0.15) is 8.42 Å². The van der Waals surface area contributed by atoms with Crippen molar-refractivity contribution in [1.82, 2.24) is 24.5 Å². The Labute approximate surface area is 166 Å². The number of nitro groups is 1. The molecule has 0 spiro atoms. The van der Waals surface area contributed by atoms with E-state index in [1.807, 2.05) is 24.3 Å². The van der Waals surface area contributed by atoms with E-state index in [0.717, 1.165) is 17.5 Å². The molecule has 152 valence electrons. The minimum atomic E-state index is -3.50. The summed E-state index contributed by atoms with van der Waals surface area (Å²) < 4.78 is 31.7. The number of rotatable bonds is 6. The van der Waals surface area contributed by atoms with Crippen molar-refractivity contribution >= 4 is 16.1 Å². The maximum Gasteiger partial charge on any atom is 0.436 e. The molecule has 3 aromatic rings. The van der Waals surface area contributed by atoms with E-state index in [1.165, 1.54) is 21.6 Å². The van der Waals surface area contributed by atoms with Crippen molar-refractivity contribution in [3.05, 3.63) is 58.5 Å². The Bertz CT molecular complexity index is 1120. The summed E-state index contributed by atoms with van der Waals surface area (Å²) in [4.78, 5) is 14.1. The number of nitrogens with zero attached hydrogens (tertiary/aromatic N) is 6. The smallest absolute Gasteiger partial charge is 0.390 e. The molecule has 0 aliphatic carbocycles. The zero-order valence-corrected chi connectivity index (χ0v) is 16.1. The van der Waals surface area contributed by atoms with Gasteiger partial charge in [0, 0.05) is 5.56 Å². The van der Waals surface area contributed by atoms with Crippen LogP contribution in [0.4, 0.5) is 5.95 Å². The van der Waals surface area contributed by atoms with Crippen molar-refractivity contribution in [3.8, 4) is 11.3 Å². The van der Waals surface area contributed by atoms with Gasteiger partial charge in [0.15, 0.2) is 6.67 Å². The van der Waals surface area contributed by atoms with Crippen LogP contribution in [0.15, 0.2) is 42.9 Å². The Balaban J connectivity index is 1.46. The third-order valence-electron chi connectivity index (χ3n) is 4.73. The van der Waals surface area contributed by atoms with Crippen LogP contribution in [0.3, 0.4) is 0 Å². The Kier molecular flexibility index (Phi) is 5.11. The van der Waals surface area contributed by atoms with Crippen LogP contribution in [0.5, 0.6) is 0 Å². The predicted octanol–water partition coefficient (Wildman–Crippen LogP) is 1.61. The fraction of sp³-hybridized carbons (Fsp3) is 0.353. The second-order valence-corrected chi connectivity index (χ2v) is 8.61. The van der Waals surface area contributed by atoms with Crippen molar-refractivity contribution in [2.24, 2.45) is 0 Å². The monoisotopic (exact) mass is 418 g/mol. The molecule has 0 radical (unpaired) electrons. The lowest BCUT2D eigenvalue weighted by atomic mass is 10.0. The summed E-state index contributed by atoms with van der Waals surface area (Å²) >= 11 is 0. The van der Waals surface area contributed by atoms with Crippen LogP contribution in [0.2, 0.25) is 0 Å². The molecule has 1 atom stereocenters. The molecule has 0 N–H and O–H groups in total. The summed E-state index contributed by atoms with van der Waals surface area (Å²) in [5.41, 5.74) is 2.31. The highest BCUT2D eigenvalue weighted by Gasteiger charge is 2.30. The normalized spacial score (nSPS) is 18.6. The highest BCUT2D eigenvalue weighted by atomic mass is 32.2. The average molecular weight is 418 g/mol. The molecule has 1 fully saturated rings. The van der Waals surface area contributed by atoms with Crippen LogP contribution in [-0.4, -0.2) is 49.7 Å². The lowest BCUT2D eigenvalue weighted by molar-refractivity contribution is -0.396. The molecule has 12 heteroatoms. The third-order valence-corrected chi connectivity index (χ3v) is 6.45. The summed E-state index contributed by atoms with van der Waals surface area (Å²) in [5, 5.41) is 18.5. The Morgan fingerprint density at radius 3 is 2.79 bits per heavy atom. The van der Waals surface area contributed by atoms with E-state index in [1.54, 1.807) is 6.20 Å². The first-order valence-electron chi connectivity index (χ1n) is 8.95. The fourth-order valence-electron chi connectivity index (χ4n) is 3.24. The number of imidazole rings is 1. The maximum absolute atomic E-state index is 12.0. The van der Waals surface area contributed by atoms with Crippen LogP contribution < -0.4 is 0 Å². The van der Waals surface area contributed by atoms with E-state index in [9.17, 15) is 18.5 Å². The zero-order chi connectivity index (χ0) is 20.4. The predicted molar refractivity (Wildman–Crippen MR) is 101 cm³/mol. The van der Waals surface area contributed by atoms with E-state index in [4.69, 9.17) is 4.18 Å². The standard InChI is InChI=1S/C17H18N6O5S/c24-23(25)17-18-7-8-21(17)12-22-11-16(19-20-22)14-5-3-13(4-6-14)10-15-2-1-9-28-29(15,26)27/h3-8,11,15H,1-2,9-10,12H2. The van der Waals surface area contributed by atoms with E-state index in [2.05, 4.69) is 15.3 Å². The second-order valence-electron chi connectivity index (χ2n) is 6.72. The highest BCUT2D eigenvalue weighted by Crippen LogP contribution is 2.23. The fourth-order valence-corrected chi connectivity index (χ4v) is 4.64. The zero-order valence-electron chi connectivity index (χ0n) is 15.3. The lowest BCUT2D eigenvalue weighted by Gasteiger charge is -2.21. The Morgan fingerprint density at radius 2 is 2.07 bits per heavy atom. The maximum atomic E-state index is 12.0. The molecule has 1 aromatic carbocycles. The number of benzene rings is 1. The van der Waals surface area contributed by atoms with Crippen LogP contribution in [0.1, 0.15) is 18.4 Å². The quantitative estimate of drug-likeness (QED) is 0.335. The molecule has 0 amide bonds. The molecule has 1 unspecified atom stereocenters. The number of aromatic nitrogens is 5. The Morgan fingerprint density at radius 1 is 1.28 bits per heavy atom. The molecule has 0 bridgehead atoms. The average Bonchev–Trinajstić information content (AvgIpc) is 3.34.